The Hall–Kier alpha value is -3.88. The van der Waals surface area contributed by atoms with Gasteiger partial charge in [-0.25, -0.2) is 0 Å². The van der Waals surface area contributed by atoms with Gasteiger partial charge in [0.15, 0.2) is 0 Å². The molecule has 2 aromatic carbocycles. The standard InChI is InChI=1S/C21H15F3N4O2/c22-21(23,24)15-4-3-5-16(12-15)26-20-28-27-19(30-20)17-6-1-2-7-18(17)29-13-14-8-10-25-11-9-14/h1-12H,13H2,(H,26,28). The number of anilines is 2. The highest BCUT2D eigenvalue weighted by atomic mass is 19.4. The summed E-state index contributed by atoms with van der Waals surface area (Å²) in [4.78, 5) is 3.96. The van der Waals surface area contributed by atoms with E-state index in [9.17, 15) is 13.2 Å². The van der Waals surface area contributed by atoms with Crippen LogP contribution in [0.2, 0.25) is 0 Å². The molecule has 1 N–H and O–H groups in total. The number of aromatic nitrogens is 3. The fraction of sp³-hybridized carbons (Fsp3) is 0.0952. The molecule has 0 saturated heterocycles. The first-order valence-corrected chi connectivity index (χ1v) is 8.88. The van der Waals surface area contributed by atoms with Gasteiger partial charge in [-0.1, -0.05) is 23.3 Å². The minimum Gasteiger partial charge on any atom is -0.488 e. The lowest BCUT2D eigenvalue weighted by molar-refractivity contribution is -0.137. The van der Waals surface area contributed by atoms with Crippen molar-refractivity contribution in [3.63, 3.8) is 0 Å². The molecular weight excluding hydrogens is 397 g/mol. The summed E-state index contributed by atoms with van der Waals surface area (Å²) in [7, 11) is 0. The Kier molecular flexibility index (Phi) is 5.34. The molecule has 0 spiro atoms. The number of alkyl halides is 3. The molecule has 0 atom stereocenters. The van der Waals surface area contributed by atoms with Crippen LogP contribution in [0.15, 0.2) is 77.5 Å². The Morgan fingerprint density at radius 1 is 0.933 bits per heavy atom. The average molecular weight is 412 g/mol. The van der Waals surface area contributed by atoms with Crippen molar-refractivity contribution in [2.24, 2.45) is 0 Å². The molecule has 0 saturated carbocycles. The van der Waals surface area contributed by atoms with Crippen LogP contribution in [-0.2, 0) is 12.8 Å². The van der Waals surface area contributed by atoms with Gasteiger partial charge in [-0.05, 0) is 48.0 Å². The number of pyridine rings is 1. The summed E-state index contributed by atoms with van der Waals surface area (Å²) in [6.45, 7) is 0.322. The van der Waals surface area contributed by atoms with Crippen molar-refractivity contribution in [1.29, 1.82) is 0 Å². The molecule has 4 rings (SSSR count). The van der Waals surface area contributed by atoms with Crippen LogP contribution in [0.25, 0.3) is 11.5 Å². The largest absolute Gasteiger partial charge is 0.488 e. The maximum atomic E-state index is 12.9. The van der Waals surface area contributed by atoms with Crippen LogP contribution in [0.1, 0.15) is 11.1 Å². The van der Waals surface area contributed by atoms with Crippen LogP contribution in [0.3, 0.4) is 0 Å². The smallest absolute Gasteiger partial charge is 0.416 e. The Labute approximate surface area is 169 Å². The number of para-hydroxylation sites is 1. The van der Waals surface area contributed by atoms with E-state index in [1.807, 2.05) is 18.2 Å². The molecule has 0 aliphatic rings. The van der Waals surface area contributed by atoms with E-state index in [0.717, 1.165) is 17.7 Å². The van der Waals surface area contributed by atoms with Crippen molar-refractivity contribution in [2.45, 2.75) is 12.8 Å². The van der Waals surface area contributed by atoms with Crippen LogP contribution < -0.4 is 10.1 Å². The predicted molar refractivity (Wildman–Crippen MR) is 103 cm³/mol. The molecule has 2 aromatic heterocycles. The lowest BCUT2D eigenvalue weighted by Gasteiger charge is -2.09. The van der Waals surface area contributed by atoms with Gasteiger partial charge in [-0.2, -0.15) is 13.2 Å². The quantitative estimate of drug-likeness (QED) is 0.453. The first kappa shape index (κ1) is 19.4. The van der Waals surface area contributed by atoms with E-state index < -0.39 is 11.7 Å². The highest BCUT2D eigenvalue weighted by Crippen LogP contribution is 2.33. The molecular formula is C21H15F3N4O2. The van der Waals surface area contributed by atoms with Crippen molar-refractivity contribution in [2.75, 3.05) is 5.32 Å². The monoisotopic (exact) mass is 412 g/mol. The maximum absolute atomic E-state index is 12.9. The van der Waals surface area contributed by atoms with E-state index in [4.69, 9.17) is 9.15 Å². The van der Waals surface area contributed by atoms with Crippen molar-refractivity contribution >= 4 is 11.7 Å². The van der Waals surface area contributed by atoms with Gasteiger partial charge in [0.2, 0.25) is 0 Å². The van der Waals surface area contributed by atoms with E-state index in [0.29, 0.717) is 17.9 Å². The molecule has 0 amide bonds. The summed E-state index contributed by atoms with van der Waals surface area (Å²) in [5.41, 5.74) is 0.915. The Morgan fingerprint density at radius 3 is 2.53 bits per heavy atom. The van der Waals surface area contributed by atoms with Gasteiger partial charge < -0.3 is 14.5 Å². The third kappa shape index (κ3) is 4.57. The average Bonchev–Trinajstić information content (AvgIpc) is 3.21. The third-order valence-corrected chi connectivity index (χ3v) is 4.13. The number of nitrogens with zero attached hydrogens (tertiary/aromatic N) is 3. The first-order valence-electron chi connectivity index (χ1n) is 8.88. The van der Waals surface area contributed by atoms with Gasteiger partial charge in [0.05, 0.1) is 11.1 Å². The second-order valence-electron chi connectivity index (χ2n) is 6.26. The third-order valence-electron chi connectivity index (χ3n) is 4.13. The molecule has 0 aliphatic carbocycles. The number of hydrogen-bond acceptors (Lipinski definition) is 6. The normalized spacial score (nSPS) is 11.3. The van der Waals surface area contributed by atoms with Gasteiger partial charge in [0.25, 0.3) is 5.89 Å². The summed E-state index contributed by atoms with van der Waals surface area (Å²) in [6.07, 6.45) is -1.09. The Morgan fingerprint density at radius 2 is 1.73 bits per heavy atom. The van der Waals surface area contributed by atoms with Crippen LogP contribution in [-0.4, -0.2) is 15.2 Å². The molecule has 0 bridgehead atoms. The molecule has 0 aliphatic heterocycles. The van der Waals surface area contributed by atoms with Gasteiger partial charge >= 0.3 is 12.2 Å². The molecule has 0 unspecified atom stereocenters. The molecule has 0 fully saturated rings. The predicted octanol–water partition coefficient (Wildman–Crippen LogP) is 5.47. The molecule has 9 heteroatoms. The van der Waals surface area contributed by atoms with E-state index >= 15 is 0 Å². The van der Waals surface area contributed by atoms with Gasteiger partial charge in [-0.15, -0.1) is 5.10 Å². The van der Waals surface area contributed by atoms with E-state index in [2.05, 4.69) is 20.5 Å². The zero-order valence-electron chi connectivity index (χ0n) is 15.4. The minimum atomic E-state index is -4.44. The van der Waals surface area contributed by atoms with Crippen LogP contribution in [0, 0.1) is 0 Å². The SMILES string of the molecule is FC(F)(F)c1cccc(Nc2nnc(-c3ccccc3OCc3ccncc3)o2)c1. The van der Waals surface area contributed by atoms with E-state index in [-0.39, 0.29) is 17.6 Å². The number of nitrogens with one attached hydrogen (secondary N) is 1. The molecule has 152 valence electrons. The molecule has 2 heterocycles. The number of ether oxygens (including phenoxy) is 1. The second-order valence-corrected chi connectivity index (χ2v) is 6.26. The van der Waals surface area contributed by atoms with Crippen molar-refractivity contribution in [3.8, 4) is 17.2 Å². The van der Waals surface area contributed by atoms with E-state index in [1.165, 1.54) is 12.1 Å². The summed E-state index contributed by atoms with van der Waals surface area (Å²) >= 11 is 0. The van der Waals surface area contributed by atoms with Crippen molar-refractivity contribution in [3.05, 3.63) is 84.2 Å². The molecule has 6 nitrogen and oxygen atoms in total. The molecule has 30 heavy (non-hydrogen) atoms. The second kappa shape index (κ2) is 8.24. The number of benzene rings is 2. The highest BCUT2D eigenvalue weighted by molar-refractivity contribution is 5.63. The summed E-state index contributed by atoms with van der Waals surface area (Å²) in [5.74, 6) is 0.707. The zero-order chi connectivity index (χ0) is 21.0. The van der Waals surface area contributed by atoms with Crippen LogP contribution >= 0.6 is 0 Å². The molecule has 0 radical (unpaired) electrons. The fourth-order valence-electron chi connectivity index (χ4n) is 2.69. The Bertz CT molecular complexity index is 1130. The van der Waals surface area contributed by atoms with E-state index in [1.54, 1.807) is 30.6 Å². The first-order chi connectivity index (χ1) is 14.5. The number of rotatable bonds is 6. The van der Waals surface area contributed by atoms with Gasteiger partial charge in [0, 0.05) is 18.1 Å². The summed E-state index contributed by atoms with van der Waals surface area (Å²) in [5, 5.41) is 10.5. The number of hydrogen-bond donors (Lipinski definition) is 1. The van der Waals surface area contributed by atoms with Gasteiger partial charge in [-0.3, -0.25) is 4.98 Å². The Balaban J connectivity index is 1.52. The lowest BCUT2D eigenvalue weighted by atomic mass is 10.2. The van der Waals surface area contributed by atoms with Crippen LogP contribution in [0.4, 0.5) is 24.9 Å². The summed E-state index contributed by atoms with van der Waals surface area (Å²) < 4.78 is 50.1. The summed E-state index contributed by atoms with van der Waals surface area (Å²) in [6, 6.07) is 15.5. The highest BCUT2D eigenvalue weighted by Gasteiger charge is 2.30. The lowest BCUT2D eigenvalue weighted by Crippen LogP contribution is -2.05. The van der Waals surface area contributed by atoms with Crippen molar-refractivity contribution < 1.29 is 22.3 Å². The van der Waals surface area contributed by atoms with Crippen LogP contribution in [0.5, 0.6) is 5.75 Å². The van der Waals surface area contributed by atoms with Crippen molar-refractivity contribution in [1.82, 2.24) is 15.2 Å². The van der Waals surface area contributed by atoms with Gasteiger partial charge in [0.1, 0.15) is 12.4 Å². The number of halogens is 3. The minimum absolute atomic E-state index is 0.0340. The zero-order valence-corrected chi connectivity index (χ0v) is 15.4. The maximum Gasteiger partial charge on any atom is 0.416 e. The molecule has 4 aromatic rings. The topological polar surface area (TPSA) is 73.1 Å². The fourth-order valence-corrected chi connectivity index (χ4v) is 2.69.